The SMILES string of the molecule is CN(C)CC(C)(O)CNCc1cn[nH]c1C(C)(C)C. The number of aliphatic hydroxyl groups is 1. The van der Waals surface area contributed by atoms with E-state index in [1.165, 1.54) is 0 Å². The first-order valence-electron chi connectivity index (χ1n) is 6.72. The molecule has 1 rings (SSSR count). The van der Waals surface area contributed by atoms with Gasteiger partial charge in [-0.2, -0.15) is 5.10 Å². The Morgan fingerprint density at radius 2 is 1.95 bits per heavy atom. The van der Waals surface area contributed by atoms with E-state index in [-0.39, 0.29) is 5.41 Å². The first-order chi connectivity index (χ1) is 8.62. The Labute approximate surface area is 116 Å². The standard InChI is InChI=1S/C14H28N4O/c1-13(2,3)12-11(8-16-17-12)7-15-9-14(4,19)10-18(5)6/h8,15,19H,7,9-10H2,1-6H3,(H,16,17). The highest BCUT2D eigenvalue weighted by atomic mass is 16.3. The summed E-state index contributed by atoms with van der Waals surface area (Å²) >= 11 is 0. The van der Waals surface area contributed by atoms with Crippen molar-refractivity contribution in [1.82, 2.24) is 20.4 Å². The van der Waals surface area contributed by atoms with Gasteiger partial charge in [-0.25, -0.2) is 0 Å². The van der Waals surface area contributed by atoms with Gasteiger partial charge in [0.25, 0.3) is 0 Å². The fourth-order valence-corrected chi connectivity index (χ4v) is 2.30. The largest absolute Gasteiger partial charge is 0.388 e. The number of hydrogen-bond acceptors (Lipinski definition) is 4. The molecule has 0 amide bonds. The zero-order valence-corrected chi connectivity index (χ0v) is 13.0. The van der Waals surface area contributed by atoms with E-state index >= 15 is 0 Å². The molecule has 0 fully saturated rings. The summed E-state index contributed by atoms with van der Waals surface area (Å²) in [7, 11) is 3.92. The van der Waals surface area contributed by atoms with Gasteiger partial charge in [0.05, 0.1) is 11.8 Å². The number of nitrogens with zero attached hydrogens (tertiary/aromatic N) is 2. The van der Waals surface area contributed by atoms with Gasteiger partial charge >= 0.3 is 0 Å². The summed E-state index contributed by atoms with van der Waals surface area (Å²) in [6.45, 7) is 10.2. The van der Waals surface area contributed by atoms with Crippen LogP contribution in [0.1, 0.15) is 39.0 Å². The van der Waals surface area contributed by atoms with Crippen LogP contribution in [-0.4, -0.2) is 53.0 Å². The van der Waals surface area contributed by atoms with Crippen molar-refractivity contribution in [3.05, 3.63) is 17.5 Å². The van der Waals surface area contributed by atoms with Crippen LogP contribution in [-0.2, 0) is 12.0 Å². The molecule has 1 atom stereocenters. The Hall–Kier alpha value is -0.910. The van der Waals surface area contributed by atoms with E-state index in [1.54, 1.807) is 0 Å². The normalized spacial score (nSPS) is 15.8. The molecule has 3 N–H and O–H groups in total. The molecule has 5 heteroatoms. The van der Waals surface area contributed by atoms with Gasteiger partial charge in [-0.3, -0.25) is 5.10 Å². The van der Waals surface area contributed by atoms with Gasteiger partial charge in [-0.15, -0.1) is 0 Å². The van der Waals surface area contributed by atoms with E-state index in [2.05, 4.69) is 36.3 Å². The Bertz CT molecular complexity index is 390. The average molecular weight is 268 g/mol. The minimum absolute atomic E-state index is 0.0552. The number of likely N-dealkylation sites (N-methyl/N-ethyl adjacent to an activating group) is 1. The third-order valence-electron chi connectivity index (χ3n) is 2.95. The molecule has 5 nitrogen and oxygen atoms in total. The predicted molar refractivity (Wildman–Crippen MR) is 78.2 cm³/mol. The summed E-state index contributed by atoms with van der Waals surface area (Å²) in [5.41, 5.74) is 1.63. The summed E-state index contributed by atoms with van der Waals surface area (Å²) in [6, 6.07) is 0. The van der Waals surface area contributed by atoms with Crippen LogP contribution in [0.2, 0.25) is 0 Å². The zero-order valence-electron chi connectivity index (χ0n) is 13.0. The topological polar surface area (TPSA) is 64.2 Å². The summed E-state index contributed by atoms with van der Waals surface area (Å²) in [4.78, 5) is 1.99. The minimum atomic E-state index is -0.727. The number of rotatable bonds is 6. The van der Waals surface area contributed by atoms with Gasteiger partial charge in [0.15, 0.2) is 0 Å². The first kappa shape index (κ1) is 16.1. The lowest BCUT2D eigenvalue weighted by atomic mass is 9.89. The lowest BCUT2D eigenvalue weighted by Gasteiger charge is -2.27. The van der Waals surface area contributed by atoms with E-state index in [4.69, 9.17) is 0 Å². The number of H-pyrrole nitrogens is 1. The van der Waals surface area contributed by atoms with E-state index in [0.717, 1.165) is 11.3 Å². The van der Waals surface area contributed by atoms with Crippen LogP contribution in [0.15, 0.2) is 6.20 Å². The quantitative estimate of drug-likeness (QED) is 0.723. The Morgan fingerprint density at radius 1 is 1.32 bits per heavy atom. The number of aromatic amines is 1. The van der Waals surface area contributed by atoms with Gasteiger partial charge in [0.2, 0.25) is 0 Å². The number of aromatic nitrogens is 2. The highest BCUT2D eigenvalue weighted by molar-refractivity contribution is 5.23. The molecule has 0 saturated carbocycles. The fraction of sp³-hybridized carbons (Fsp3) is 0.786. The van der Waals surface area contributed by atoms with E-state index in [9.17, 15) is 5.11 Å². The van der Waals surface area contributed by atoms with Gasteiger partial charge in [0, 0.05) is 36.3 Å². The van der Waals surface area contributed by atoms with Crippen LogP contribution >= 0.6 is 0 Å². The smallest absolute Gasteiger partial charge is 0.0869 e. The second-order valence-corrected chi connectivity index (χ2v) is 6.86. The molecule has 0 spiro atoms. The van der Waals surface area contributed by atoms with Crippen molar-refractivity contribution in [2.45, 2.75) is 45.3 Å². The summed E-state index contributed by atoms with van der Waals surface area (Å²) in [5.74, 6) is 0. The third-order valence-corrected chi connectivity index (χ3v) is 2.95. The van der Waals surface area contributed by atoms with Crippen LogP contribution in [0, 0.1) is 0 Å². The van der Waals surface area contributed by atoms with Crippen LogP contribution in [0.4, 0.5) is 0 Å². The zero-order chi connectivity index (χ0) is 14.7. The van der Waals surface area contributed by atoms with Crippen LogP contribution in [0.5, 0.6) is 0 Å². The molecule has 0 aliphatic heterocycles. The molecule has 110 valence electrons. The molecule has 0 aliphatic rings. The van der Waals surface area contributed by atoms with Crippen LogP contribution < -0.4 is 5.32 Å². The summed E-state index contributed by atoms with van der Waals surface area (Å²) < 4.78 is 0. The lowest BCUT2D eigenvalue weighted by Crippen LogP contribution is -2.45. The molecule has 1 unspecified atom stereocenters. The maximum atomic E-state index is 10.2. The maximum Gasteiger partial charge on any atom is 0.0869 e. The van der Waals surface area contributed by atoms with Gasteiger partial charge in [-0.05, 0) is 21.0 Å². The molecule has 1 aromatic rings. The Kier molecular flexibility index (Phi) is 5.12. The predicted octanol–water partition coefficient (Wildman–Crippen LogP) is 1.11. The second-order valence-electron chi connectivity index (χ2n) is 6.86. The molecule has 1 aromatic heterocycles. The Balaban J connectivity index is 2.52. The Morgan fingerprint density at radius 3 is 2.47 bits per heavy atom. The molecule has 0 radical (unpaired) electrons. The summed E-state index contributed by atoms with van der Waals surface area (Å²) in [6.07, 6.45) is 1.86. The van der Waals surface area contributed by atoms with Gasteiger partial charge in [0.1, 0.15) is 0 Å². The lowest BCUT2D eigenvalue weighted by molar-refractivity contribution is 0.0336. The molecule has 0 aliphatic carbocycles. The highest BCUT2D eigenvalue weighted by Crippen LogP contribution is 2.23. The molecular weight excluding hydrogens is 240 g/mol. The van der Waals surface area contributed by atoms with Crippen LogP contribution in [0.3, 0.4) is 0 Å². The molecule has 0 aromatic carbocycles. The van der Waals surface area contributed by atoms with E-state index < -0.39 is 5.60 Å². The first-order valence-corrected chi connectivity index (χ1v) is 6.72. The fourth-order valence-electron chi connectivity index (χ4n) is 2.30. The van der Waals surface area contributed by atoms with Gasteiger partial charge < -0.3 is 15.3 Å². The van der Waals surface area contributed by atoms with Crippen molar-refractivity contribution in [3.8, 4) is 0 Å². The monoisotopic (exact) mass is 268 g/mol. The highest BCUT2D eigenvalue weighted by Gasteiger charge is 2.22. The van der Waals surface area contributed by atoms with E-state index in [1.807, 2.05) is 32.1 Å². The minimum Gasteiger partial charge on any atom is -0.388 e. The maximum absolute atomic E-state index is 10.2. The molecule has 0 saturated heterocycles. The third kappa shape index (κ3) is 5.30. The molecule has 1 heterocycles. The van der Waals surface area contributed by atoms with Crippen LogP contribution in [0.25, 0.3) is 0 Å². The van der Waals surface area contributed by atoms with Crippen molar-refractivity contribution in [1.29, 1.82) is 0 Å². The van der Waals surface area contributed by atoms with Crippen molar-refractivity contribution >= 4 is 0 Å². The van der Waals surface area contributed by atoms with Crippen molar-refractivity contribution in [2.75, 3.05) is 27.2 Å². The molecular formula is C14H28N4O. The average Bonchev–Trinajstić information content (AvgIpc) is 2.62. The van der Waals surface area contributed by atoms with E-state index in [0.29, 0.717) is 19.6 Å². The van der Waals surface area contributed by atoms with Crippen molar-refractivity contribution < 1.29 is 5.11 Å². The molecule has 0 bridgehead atoms. The number of nitrogens with one attached hydrogen (secondary N) is 2. The number of hydrogen-bond donors (Lipinski definition) is 3. The van der Waals surface area contributed by atoms with Gasteiger partial charge in [-0.1, -0.05) is 20.8 Å². The second kappa shape index (κ2) is 6.03. The van der Waals surface area contributed by atoms with Crippen molar-refractivity contribution in [2.24, 2.45) is 0 Å². The summed E-state index contributed by atoms with van der Waals surface area (Å²) in [5, 5.41) is 20.7. The molecule has 19 heavy (non-hydrogen) atoms. The van der Waals surface area contributed by atoms with Crippen molar-refractivity contribution in [3.63, 3.8) is 0 Å².